The molecule has 0 unspecified atom stereocenters. The minimum absolute atomic E-state index is 0.162. The Hall–Kier alpha value is -1.43. The van der Waals surface area contributed by atoms with Crippen LogP contribution in [-0.2, 0) is 9.84 Å². The van der Waals surface area contributed by atoms with Gasteiger partial charge in [-0.15, -0.1) is 0 Å². The average molecular weight is 215 g/mol. The highest BCUT2D eigenvalue weighted by atomic mass is 32.2. The van der Waals surface area contributed by atoms with Crippen LogP contribution in [0.5, 0.6) is 0 Å². The van der Waals surface area contributed by atoms with Crippen LogP contribution in [0.3, 0.4) is 0 Å². The van der Waals surface area contributed by atoms with Crippen molar-refractivity contribution in [3.63, 3.8) is 0 Å². The van der Waals surface area contributed by atoms with E-state index in [1.807, 2.05) is 0 Å². The zero-order valence-electron chi connectivity index (χ0n) is 7.47. The summed E-state index contributed by atoms with van der Waals surface area (Å²) in [6.07, 6.45) is 1.26. The predicted molar refractivity (Wildman–Crippen MR) is 48.9 cm³/mol. The number of rotatable bonds is 3. The van der Waals surface area contributed by atoms with E-state index in [1.165, 1.54) is 25.3 Å². The lowest BCUT2D eigenvalue weighted by Gasteiger charge is -2.03. The van der Waals surface area contributed by atoms with E-state index in [1.54, 1.807) is 0 Å². The summed E-state index contributed by atoms with van der Waals surface area (Å²) in [6.45, 7) is 1.44. The second kappa shape index (κ2) is 3.75. The van der Waals surface area contributed by atoms with Gasteiger partial charge in [0.15, 0.2) is 14.9 Å². The Kier molecular flexibility index (Phi) is 2.85. The zero-order chi connectivity index (χ0) is 10.8. The maximum absolute atomic E-state index is 11.4. The summed E-state index contributed by atoms with van der Waals surface area (Å²) < 4.78 is 22.8. The lowest BCUT2D eigenvalue weighted by molar-refractivity contribution is 0.0691. The van der Waals surface area contributed by atoms with Gasteiger partial charge in [-0.1, -0.05) is 6.92 Å². The van der Waals surface area contributed by atoms with Gasteiger partial charge in [0.2, 0.25) is 0 Å². The molecule has 14 heavy (non-hydrogen) atoms. The molecular formula is C8H9NO4S. The van der Waals surface area contributed by atoms with E-state index in [0.29, 0.717) is 0 Å². The number of aromatic carboxylic acids is 1. The van der Waals surface area contributed by atoms with Crippen LogP contribution in [0.25, 0.3) is 0 Å². The molecule has 0 saturated carbocycles. The largest absolute Gasteiger partial charge is 0.478 e. The van der Waals surface area contributed by atoms with Gasteiger partial charge in [0, 0.05) is 6.20 Å². The standard InChI is InChI=1S/C8H9NO4S/c1-2-14(12,13)7-6(8(10)11)4-3-5-9-7/h3-5H,2H2,1H3,(H,10,11). The van der Waals surface area contributed by atoms with Gasteiger partial charge in [-0.25, -0.2) is 18.2 Å². The Morgan fingerprint density at radius 2 is 2.21 bits per heavy atom. The fraction of sp³-hybridized carbons (Fsp3) is 0.250. The number of hydrogen-bond donors (Lipinski definition) is 1. The van der Waals surface area contributed by atoms with E-state index in [4.69, 9.17) is 5.11 Å². The van der Waals surface area contributed by atoms with Crippen molar-refractivity contribution in [2.24, 2.45) is 0 Å². The first-order valence-electron chi connectivity index (χ1n) is 3.90. The zero-order valence-corrected chi connectivity index (χ0v) is 8.28. The van der Waals surface area contributed by atoms with Crippen molar-refractivity contribution in [3.05, 3.63) is 23.9 Å². The molecule has 0 aliphatic heterocycles. The van der Waals surface area contributed by atoms with Gasteiger partial charge in [0.05, 0.1) is 11.3 Å². The molecule has 1 rings (SSSR count). The van der Waals surface area contributed by atoms with Crippen molar-refractivity contribution in [2.45, 2.75) is 11.9 Å². The van der Waals surface area contributed by atoms with Crippen LogP contribution >= 0.6 is 0 Å². The van der Waals surface area contributed by atoms with E-state index in [9.17, 15) is 13.2 Å². The molecule has 76 valence electrons. The highest BCUT2D eigenvalue weighted by Crippen LogP contribution is 2.13. The van der Waals surface area contributed by atoms with Crippen LogP contribution < -0.4 is 0 Å². The van der Waals surface area contributed by atoms with Gasteiger partial charge in [-0.3, -0.25) is 0 Å². The molecule has 0 spiro atoms. The van der Waals surface area contributed by atoms with Crippen LogP contribution in [0.4, 0.5) is 0 Å². The van der Waals surface area contributed by atoms with Gasteiger partial charge in [0.1, 0.15) is 0 Å². The number of nitrogens with zero attached hydrogens (tertiary/aromatic N) is 1. The molecule has 0 aliphatic rings. The van der Waals surface area contributed by atoms with Crippen LogP contribution in [0.15, 0.2) is 23.4 Å². The highest BCUT2D eigenvalue weighted by Gasteiger charge is 2.21. The van der Waals surface area contributed by atoms with Crippen molar-refractivity contribution in [2.75, 3.05) is 5.75 Å². The van der Waals surface area contributed by atoms with Gasteiger partial charge in [-0.2, -0.15) is 0 Å². The fourth-order valence-electron chi connectivity index (χ4n) is 0.938. The Labute approximate surface area is 81.3 Å². The van der Waals surface area contributed by atoms with Gasteiger partial charge < -0.3 is 5.11 Å². The summed E-state index contributed by atoms with van der Waals surface area (Å²) in [5, 5.41) is 8.35. The van der Waals surface area contributed by atoms with Crippen LogP contribution in [0.1, 0.15) is 17.3 Å². The lowest BCUT2D eigenvalue weighted by atomic mass is 10.3. The molecule has 0 saturated heterocycles. The number of aromatic nitrogens is 1. The quantitative estimate of drug-likeness (QED) is 0.796. The van der Waals surface area contributed by atoms with Crippen LogP contribution in [-0.4, -0.2) is 30.2 Å². The summed E-state index contributed by atoms with van der Waals surface area (Å²) in [4.78, 5) is 14.3. The van der Waals surface area contributed by atoms with Crippen molar-refractivity contribution in [3.8, 4) is 0 Å². The second-order valence-corrected chi connectivity index (χ2v) is 4.76. The fourth-order valence-corrected chi connectivity index (χ4v) is 1.92. The molecule has 0 fully saturated rings. The number of carbonyl (C=O) groups is 1. The number of carboxylic acid groups (broad SMARTS) is 1. The molecule has 6 heteroatoms. The van der Waals surface area contributed by atoms with E-state index in [2.05, 4.69) is 4.98 Å². The Morgan fingerprint density at radius 1 is 1.57 bits per heavy atom. The third-order valence-electron chi connectivity index (χ3n) is 1.68. The van der Waals surface area contributed by atoms with Crippen LogP contribution in [0, 0.1) is 0 Å². The first-order valence-corrected chi connectivity index (χ1v) is 5.55. The molecule has 0 aliphatic carbocycles. The summed E-state index contributed by atoms with van der Waals surface area (Å²) in [5.41, 5.74) is -0.283. The highest BCUT2D eigenvalue weighted by molar-refractivity contribution is 7.91. The third-order valence-corrected chi connectivity index (χ3v) is 3.35. The molecule has 0 radical (unpaired) electrons. The third kappa shape index (κ3) is 1.90. The van der Waals surface area contributed by atoms with Crippen LogP contribution in [0.2, 0.25) is 0 Å². The molecule has 0 atom stereocenters. The predicted octanol–water partition coefficient (Wildman–Crippen LogP) is 0.573. The average Bonchev–Trinajstić information content (AvgIpc) is 2.18. The molecule has 1 N–H and O–H groups in total. The Morgan fingerprint density at radius 3 is 2.71 bits per heavy atom. The van der Waals surface area contributed by atoms with Gasteiger partial charge >= 0.3 is 5.97 Å². The molecule has 0 bridgehead atoms. The minimum Gasteiger partial charge on any atom is -0.478 e. The maximum atomic E-state index is 11.4. The number of sulfone groups is 1. The van der Waals surface area contributed by atoms with Gasteiger partial charge in [0.25, 0.3) is 0 Å². The first kappa shape index (κ1) is 10.6. The topological polar surface area (TPSA) is 84.3 Å². The van der Waals surface area contributed by atoms with Crippen molar-refractivity contribution < 1.29 is 18.3 Å². The van der Waals surface area contributed by atoms with Crippen molar-refractivity contribution in [1.82, 2.24) is 4.98 Å². The summed E-state index contributed by atoms with van der Waals surface area (Å²) in [6, 6.07) is 2.61. The van der Waals surface area contributed by atoms with E-state index < -0.39 is 15.8 Å². The summed E-state index contributed by atoms with van der Waals surface area (Å²) >= 11 is 0. The number of carboxylic acids is 1. The lowest BCUT2D eigenvalue weighted by Crippen LogP contribution is -2.12. The van der Waals surface area contributed by atoms with E-state index in [0.717, 1.165) is 0 Å². The smallest absolute Gasteiger partial charge is 0.338 e. The molecule has 1 aromatic rings. The molecule has 5 nitrogen and oxygen atoms in total. The summed E-state index contributed by atoms with van der Waals surface area (Å²) in [7, 11) is -3.57. The van der Waals surface area contributed by atoms with Crippen molar-refractivity contribution >= 4 is 15.8 Å². The number of hydrogen-bond acceptors (Lipinski definition) is 4. The number of pyridine rings is 1. The maximum Gasteiger partial charge on any atom is 0.338 e. The Bertz CT molecular complexity index is 452. The molecule has 1 heterocycles. The Balaban J connectivity index is 3.42. The molecular weight excluding hydrogens is 206 g/mol. The second-order valence-electron chi connectivity index (χ2n) is 2.56. The van der Waals surface area contributed by atoms with E-state index in [-0.39, 0.29) is 16.3 Å². The monoisotopic (exact) mass is 215 g/mol. The normalized spacial score (nSPS) is 11.2. The van der Waals surface area contributed by atoms with Crippen molar-refractivity contribution in [1.29, 1.82) is 0 Å². The molecule has 1 aromatic heterocycles. The van der Waals surface area contributed by atoms with Gasteiger partial charge in [-0.05, 0) is 12.1 Å². The molecule has 0 aromatic carbocycles. The SMILES string of the molecule is CCS(=O)(=O)c1ncccc1C(=O)O. The van der Waals surface area contributed by atoms with E-state index >= 15 is 0 Å². The summed E-state index contributed by atoms with van der Waals surface area (Å²) in [5.74, 6) is -1.45. The first-order chi connectivity index (χ1) is 6.49. The molecule has 0 amide bonds. The minimum atomic E-state index is -3.57.